The van der Waals surface area contributed by atoms with E-state index in [2.05, 4.69) is 4.72 Å². The van der Waals surface area contributed by atoms with Gasteiger partial charge < -0.3 is 5.73 Å². The fourth-order valence-electron chi connectivity index (χ4n) is 1.88. The monoisotopic (exact) mass is 304 g/mol. The fraction of sp³-hybridized carbons (Fsp3) is 0.538. The molecule has 3 N–H and O–H groups in total. The lowest BCUT2D eigenvalue weighted by Gasteiger charge is -2.21. The van der Waals surface area contributed by atoms with Crippen LogP contribution in [0.5, 0.6) is 0 Å². The third-order valence-electron chi connectivity index (χ3n) is 3.12. The standard InChI is InChI=1S/C13H21ClN2O2S/c1-5-12(8(2)3)16-19(17,18)10-6-9(4)13(14)11(15)7-10/h6-8,12,16H,5,15H2,1-4H3. The van der Waals surface area contributed by atoms with Gasteiger partial charge in [-0.25, -0.2) is 13.1 Å². The molecule has 0 amide bonds. The lowest BCUT2D eigenvalue weighted by atomic mass is 10.0. The average Bonchev–Trinajstić information content (AvgIpc) is 2.32. The largest absolute Gasteiger partial charge is 0.397 e. The molecule has 0 heterocycles. The Balaban J connectivity index is 3.14. The summed E-state index contributed by atoms with van der Waals surface area (Å²) < 4.78 is 27.3. The number of hydrogen-bond donors (Lipinski definition) is 2. The van der Waals surface area contributed by atoms with E-state index in [4.69, 9.17) is 17.3 Å². The van der Waals surface area contributed by atoms with Gasteiger partial charge in [-0.1, -0.05) is 32.4 Å². The van der Waals surface area contributed by atoms with Crippen molar-refractivity contribution in [3.8, 4) is 0 Å². The Bertz CT molecular complexity index is 533. The number of sulfonamides is 1. The van der Waals surface area contributed by atoms with E-state index < -0.39 is 10.0 Å². The Kier molecular flexibility index (Phi) is 5.24. The molecule has 1 rings (SSSR count). The van der Waals surface area contributed by atoms with Crippen LogP contribution < -0.4 is 10.5 Å². The SMILES string of the molecule is CCC(NS(=O)(=O)c1cc(C)c(Cl)c(N)c1)C(C)C. The topological polar surface area (TPSA) is 72.2 Å². The summed E-state index contributed by atoms with van der Waals surface area (Å²) in [5.41, 5.74) is 6.65. The number of aryl methyl sites for hydroxylation is 1. The second kappa shape index (κ2) is 6.11. The van der Waals surface area contributed by atoms with Crippen LogP contribution in [-0.4, -0.2) is 14.5 Å². The Hall–Kier alpha value is -0.780. The van der Waals surface area contributed by atoms with Gasteiger partial charge in [0.2, 0.25) is 10.0 Å². The van der Waals surface area contributed by atoms with Gasteiger partial charge >= 0.3 is 0 Å². The first kappa shape index (κ1) is 16.3. The number of anilines is 1. The van der Waals surface area contributed by atoms with Crippen LogP contribution in [0.2, 0.25) is 5.02 Å². The molecule has 0 aliphatic rings. The fourth-order valence-corrected chi connectivity index (χ4v) is 3.57. The van der Waals surface area contributed by atoms with Crippen LogP contribution in [0.25, 0.3) is 0 Å². The van der Waals surface area contributed by atoms with Gasteiger partial charge in [-0.2, -0.15) is 0 Å². The second-order valence-electron chi connectivity index (χ2n) is 5.02. The smallest absolute Gasteiger partial charge is 0.240 e. The van der Waals surface area contributed by atoms with Crippen molar-refractivity contribution in [1.29, 1.82) is 0 Å². The molecule has 0 aliphatic carbocycles. The first-order valence-electron chi connectivity index (χ1n) is 6.27. The minimum Gasteiger partial charge on any atom is -0.397 e. The highest BCUT2D eigenvalue weighted by Gasteiger charge is 2.22. The summed E-state index contributed by atoms with van der Waals surface area (Å²) in [5.74, 6) is 0.227. The molecule has 0 aromatic heterocycles. The van der Waals surface area contributed by atoms with Crippen LogP contribution in [0.1, 0.15) is 32.8 Å². The van der Waals surface area contributed by atoms with Gasteiger partial charge in [-0.05, 0) is 37.0 Å². The molecule has 0 saturated heterocycles. The molecule has 108 valence electrons. The van der Waals surface area contributed by atoms with Crippen molar-refractivity contribution < 1.29 is 8.42 Å². The molecule has 1 aromatic carbocycles. The number of halogens is 1. The molecule has 1 atom stereocenters. The van der Waals surface area contributed by atoms with E-state index in [-0.39, 0.29) is 22.5 Å². The molecule has 4 nitrogen and oxygen atoms in total. The first-order chi connectivity index (χ1) is 8.69. The van der Waals surface area contributed by atoms with Gasteiger partial charge in [0.05, 0.1) is 15.6 Å². The lowest BCUT2D eigenvalue weighted by Crippen LogP contribution is -2.38. The zero-order valence-corrected chi connectivity index (χ0v) is 13.3. The zero-order valence-electron chi connectivity index (χ0n) is 11.7. The van der Waals surface area contributed by atoms with Gasteiger partial charge in [0, 0.05) is 6.04 Å². The normalized spacial score (nSPS) is 13.8. The van der Waals surface area contributed by atoms with Crippen LogP contribution in [0, 0.1) is 12.8 Å². The summed E-state index contributed by atoms with van der Waals surface area (Å²) in [4.78, 5) is 0.158. The van der Waals surface area contributed by atoms with Crippen molar-refractivity contribution in [2.75, 3.05) is 5.73 Å². The molecular weight excluding hydrogens is 284 g/mol. The predicted octanol–water partition coefficient (Wildman–Crippen LogP) is 2.94. The number of rotatable bonds is 5. The molecule has 0 spiro atoms. The Labute approximate surface area is 120 Å². The molecule has 1 unspecified atom stereocenters. The van der Waals surface area contributed by atoms with Gasteiger partial charge in [-0.3, -0.25) is 0 Å². The summed E-state index contributed by atoms with van der Waals surface area (Å²) in [6.07, 6.45) is 0.735. The molecule has 0 fully saturated rings. The lowest BCUT2D eigenvalue weighted by molar-refractivity contribution is 0.437. The van der Waals surface area contributed by atoms with Crippen LogP contribution in [0.3, 0.4) is 0 Å². The van der Waals surface area contributed by atoms with Crippen molar-refractivity contribution in [1.82, 2.24) is 4.72 Å². The molecule has 19 heavy (non-hydrogen) atoms. The van der Waals surface area contributed by atoms with Crippen molar-refractivity contribution in [2.24, 2.45) is 5.92 Å². The number of nitrogen functional groups attached to an aromatic ring is 1. The predicted molar refractivity (Wildman–Crippen MR) is 79.8 cm³/mol. The van der Waals surface area contributed by atoms with E-state index in [0.717, 1.165) is 6.42 Å². The second-order valence-corrected chi connectivity index (χ2v) is 7.12. The number of benzene rings is 1. The number of nitrogens with two attached hydrogens (primary N) is 1. The Morgan fingerprint density at radius 3 is 2.37 bits per heavy atom. The summed E-state index contributed by atoms with van der Waals surface area (Å²) in [5, 5.41) is 0.398. The van der Waals surface area contributed by atoms with E-state index >= 15 is 0 Å². The summed E-state index contributed by atoms with van der Waals surface area (Å²) >= 11 is 5.94. The highest BCUT2D eigenvalue weighted by atomic mass is 35.5. The molecule has 0 bridgehead atoms. The quantitative estimate of drug-likeness (QED) is 0.822. The molecule has 1 aromatic rings. The highest BCUT2D eigenvalue weighted by Crippen LogP contribution is 2.27. The van der Waals surface area contributed by atoms with Gasteiger partial charge in [-0.15, -0.1) is 0 Å². The van der Waals surface area contributed by atoms with Gasteiger partial charge in [0.25, 0.3) is 0 Å². The van der Waals surface area contributed by atoms with E-state index in [9.17, 15) is 8.42 Å². The van der Waals surface area contributed by atoms with Crippen molar-refractivity contribution in [3.05, 3.63) is 22.7 Å². The van der Waals surface area contributed by atoms with Crippen molar-refractivity contribution >= 4 is 27.3 Å². The number of hydrogen-bond acceptors (Lipinski definition) is 3. The summed E-state index contributed by atoms with van der Waals surface area (Å²) in [7, 11) is -3.57. The first-order valence-corrected chi connectivity index (χ1v) is 8.13. The number of nitrogens with one attached hydrogen (secondary N) is 1. The molecule has 0 aliphatic heterocycles. The van der Waals surface area contributed by atoms with Crippen molar-refractivity contribution in [2.45, 2.75) is 45.1 Å². The highest BCUT2D eigenvalue weighted by molar-refractivity contribution is 7.89. The van der Waals surface area contributed by atoms with E-state index in [0.29, 0.717) is 10.6 Å². The summed E-state index contributed by atoms with van der Waals surface area (Å²) in [6.45, 7) is 7.66. The van der Waals surface area contributed by atoms with Gasteiger partial charge in [0.1, 0.15) is 0 Å². The van der Waals surface area contributed by atoms with Crippen LogP contribution in [0.4, 0.5) is 5.69 Å². The van der Waals surface area contributed by atoms with Gasteiger partial charge in [0.15, 0.2) is 0 Å². The summed E-state index contributed by atoms with van der Waals surface area (Å²) in [6, 6.07) is 2.83. The molecule has 0 saturated carbocycles. The Morgan fingerprint density at radius 1 is 1.37 bits per heavy atom. The maximum atomic E-state index is 12.3. The molecule has 0 radical (unpaired) electrons. The maximum Gasteiger partial charge on any atom is 0.240 e. The van der Waals surface area contributed by atoms with Crippen LogP contribution in [0.15, 0.2) is 17.0 Å². The van der Waals surface area contributed by atoms with E-state index in [1.165, 1.54) is 12.1 Å². The molecule has 6 heteroatoms. The van der Waals surface area contributed by atoms with Crippen LogP contribution >= 0.6 is 11.6 Å². The minimum absolute atomic E-state index is 0.0952. The van der Waals surface area contributed by atoms with E-state index in [1.54, 1.807) is 6.92 Å². The maximum absolute atomic E-state index is 12.3. The molecular formula is C13H21ClN2O2S. The zero-order chi connectivity index (χ0) is 14.8. The van der Waals surface area contributed by atoms with Crippen LogP contribution in [-0.2, 0) is 10.0 Å². The van der Waals surface area contributed by atoms with Crippen molar-refractivity contribution in [3.63, 3.8) is 0 Å². The third-order valence-corrected chi connectivity index (χ3v) is 5.10. The average molecular weight is 305 g/mol. The third kappa shape index (κ3) is 3.84. The Morgan fingerprint density at radius 2 is 1.95 bits per heavy atom. The minimum atomic E-state index is -3.57. The van der Waals surface area contributed by atoms with E-state index in [1.807, 2.05) is 20.8 Å².